The third kappa shape index (κ3) is 2.81. The van der Waals surface area contributed by atoms with Gasteiger partial charge >= 0.3 is 6.08 Å². The van der Waals surface area contributed by atoms with Gasteiger partial charge in [-0.3, -0.25) is 9.59 Å². The van der Waals surface area contributed by atoms with Gasteiger partial charge in [0.15, 0.2) is 18.0 Å². The second kappa shape index (κ2) is 6.17. The van der Waals surface area contributed by atoms with Gasteiger partial charge in [-0.2, -0.15) is 4.98 Å². The van der Waals surface area contributed by atoms with Gasteiger partial charge in [0.2, 0.25) is 6.41 Å². The maximum Gasteiger partial charge on any atom is 0.395 e. The second-order valence-electron chi connectivity index (χ2n) is 5.56. The fourth-order valence-corrected chi connectivity index (χ4v) is 2.95. The van der Waals surface area contributed by atoms with Crippen molar-refractivity contribution in [2.24, 2.45) is 0 Å². The van der Waals surface area contributed by atoms with Crippen molar-refractivity contribution < 1.29 is 18.7 Å². The van der Waals surface area contributed by atoms with Gasteiger partial charge in [-0.15, -0.1) is 0 Å². The van der Waals surface area contributed by atoms with E-state index < -0.39 is 5.54 Å². The Morgan fingerprint density at radius 2 is 2.09 bits per heavy atom. The molecule has 0 aliphatic heterocycles. The van der Waals surface area contributed by atoms with Crippen LogP contribution in [0.15, 0.2) is 28.7 Å². The number of para-hydroxylation sites is 2. The van der Waals surface area contributed by atoms with E-state index in [1.807, 2.05) is 18.2 Å². The van der Waals surface area contributed by atoms with Crippen LogP contribution in [0.1, 0.15) is 32.1 Å². The molecule has 6 heteroatoms. The summed E-state index contributed by atoms with van der Waals surface area (Å²) in [5, 5.41) is 2.70. The minimum Gasteiger partial charge on any atom is -0.442 e. The molecule has 0 bridgehead atoms. The molecule has 22 heavy (non-hydrogen) atoms. The Morgan fingerprint density at radius 1 is 1.32 bits per heavy atom. The number of aromatic nitrogens is 1. The molecule has 1 aliphatic carbocycles. The van der Waals surface area contributed by atoms with Crippen molar-refractivity contribution in [1.82, 2.24) is 10.3 Å². The highest BCUT2D eigenvalue weighted by atomic mass is 16.6. The smallest absolute Gasteiger partial charge is 0.395 e. The highest BCUT2D eigenvalue weighted by Gasteiger charge is 2.39. The molecular formula is C16H18N2O4. The first-order valence-electron chi connectivity index (χ1n) is 7.46. The number of benzene rings is 1. The van der Waals surface area contributed by atoms with Crippen molar-refractivity contribution in [2.75, 3.05) is 6.61 Å². The zero-order valence-corrected chi connectivity index (χ0v) is 12.2. The van der Waals surface area contributed by atoms with Gasteiger partial charge in [-0.05, 0) is 25.0 Å². The maximum atomic E-state index is 12.5. The van der Waals surface area contributed by atoms with Crippen LogP contribution in [0.2, 0.25) is 0 Å². The van der Waals surface area contributed by atoms with E-state index in [2.05, 4.69) is 10.3 Å². The lowest BCUT2D eigenvalue weighted by molar-refractivity contribution is -0.131. The third-order valence-corrected chi connectivity index (χ3v) is 4.18. The molecule has 3 rings (SSSR count). The predicted octanol–water partition coefficient (Wildman–Crippen LogP) is 2.22. The summed E-state index contributed by atoms with van der Waals surface area (Å²) in [6.45, 7) is -0.159. The Hall–Kier alpha value is -2.37. The lowest BCUT2D eigenvalue weighted by atomic mass is 9.79. The number of fused-ring (bicyclic) bond motifs is 1. The summed E-state index contributed by atoms with van der Waals surface area (Å²) in [6.07, 6.45) is 4.92. The van der Waals surface area contributed by atoms with Gasteiger partial charge in [0, 0.05) is 0 Å². The molecule has 0 atom stereocenters. The lowest BCUT2D eigenvalue weighted by Gasteiger charge is -2.34. The molecule has 0 spiro atoms. The van der Waals surface area contributed by atoms with Crippen LogP contribution in [0.25, 0.3) is 11.1 Å². The van der Waals surface area contributed by atoms with Crippen LogP contribution in [0.5, 0.6) is 6.08 Å². The van der Waals surface area contributed by atoms with E-state index in [0.717, 1.165) is 19.3 Å². The van der Waals surface area contributed by atoms with Gasteiger partial charge in [-0.1, -0.05) is 31.4 Å². The third-order valence-electron chi connectivity index (χ3n) is 4.18. The number of ether oxygens (including phenoxy) is 1. The summed E-state index contributed by atoms with van der Waals surface area (Å²) in [5.74, 6) is -0.137. The number of amides is 1. The second-order valence-corrected chi connectivity index (χ2v) is 5.56. The molecule has 0 unspecified atom stereocenters. The van der Waals surface area contributed by atoms with Crippen LogP contribution >= 0.6 is 0 Å². The number of hydrogen-bond acceptors (Lipinski definition) is 5. The summed E-state index contributed by atoms with van der Waals surface area (Å²) in [7, 11) is 0. The van der Waals surface area contributed by atoms with E-state index in [0.29, 0.717) is 30.4 Å². The first-order valence-corrected chi connectivity index (χ1v) is 7.46. The van der Waals surface area contributed by atoms with Crippen LogP contribution < -0.4 is 10.1 Å². The molecule has 6 nitrogen and oxygen atoms in total. The maximum absolute atomic E-state index is 12.5. The summed E-state index contributed by atoms with van der Waals surface area (Å²) in [4.78, 5) is 27.5. The van der Waals surface area contributed by atoms with E-state index in [4.69, 9.17) is 9.15 Å². The highest BCUT2D eigenvalue weighted by molar-refractivity contribution is 5.91. The zero-order chi connectivity index (χ0) is 15.4. The Kier molecular flexibility index (Phi) is 4.09. The number of oxazole rings is 1. The van der Waals surface area contributed by atoms with Crippen molar-refractivity contribution in [3.63, 3.8) is 0 Å². The molecular weight excluding hydrogens is 284 g/mol. The van der Waals surface area contributed by atoms with Gasteiger partial charge < -0.3 is 14.5 Å². The van der Waals surface area contributed by atoms with E-state index in [1.54, 1.807) is 6.07 Å². The Bertz CT molecular complexity index is 641. The number of ketones is 1. The van der Waals surface area contributed by atoms with Gasteiger partial charge in [0.05, 0.1) is 0 Å². The highest BCUT2D eigenvalue weighted by Crippen LogP contribution is 2.29. The molecule has 1 aliphatic rings. The van der Waals surface area contributed by atoms with Crippen LogP contribution in [-0.2, 0) is 9.59 Å². The average Bonchev–Trinajstić information content (AvgIpc) is 2.96. The molecule has 1 aromatic carbocycles. The van der Waals surface area contributed by atoms with Crippen LogP contribution in [0, 0.1) is 0 Å². The van der Waals surface area contributed by atoms with E-state index in [-0.39, 0.29) is 18.5 Å². The Morgan fingerprint density at radius 3 is 2.82 bits per heavy atom. The largest absolute Gasteiger partial charge is 0.442 e. The number of Topliss-reactive ketones (excluding diaryl/α,β-unsaturated/α-hetero) is 1. The van der Waals surface area contributed by atoms with Crippen molar-refractivity contribution in [1.29, 1.82) is 0 Å². The average molecular weight is 302 g/mol. The fourth-order valence-electron chi connectivity index (χ4n) is 2.95. The van der Waals surface area contributed by atoms with Gasteiger partial charge in [0.25, 0.3) is 0 Å². The first-order chi connectivity index (χ1) is 10.7. The fraction of sp³-hybridized carbons (Fsp3) is 0.438. The van der Waals surface area contributed by atoms with Gasteiger partial charge in [-0.25, -0.2) is 0 Å². The van der Waals surface area contributed by atoms with Crippen molar-refractivity contribution >= 4 is 23.3 Å². The molecule has 1 heterocycles. The number of nitrogens with one attached hydrogen (secondary N) is 1. The molecule has 1 saturated carbocycles. The van der Waals surface area contributed by atoms with E-state index >= 15 is 0 Å². The van der Waals surface area contributed by atoms with Crippen LogP contribution in [0.4, 0.5) is 0 Å². The summed E-state index contributed by atoms with van der Waals surface area (Å²) in [5.41, 5.74) is 0.498. The minimum absolute atomic E-state index is 0.0756. The SMILES string of the molecule is O=CNC1(C(=O)COc2nc3ccccc3o2)CCCCC1. The van der Waals surface area contributed by atoms with E-state index in [1.165, 1.54) is 0 Å². The summed E-state index contributed by atoms with van der Waals surface area (Å²) >= 11 is 0. The zero-order valence-electron chi connectivity index (χ0n) is 12.2. The number of hydrogen-bond donors (Lipinski definition) is 1. The van der Waals surface area contributed by atoms with Crippen molar-refractivity contribution in [2.45, 2.75) is 37.6 Å². The van der Waals surface area contributed by atoms with E-state index in [9.17, 15) is 9.59 Å². The first kappa shape index (κ1) is 14.6. The Labute approximate surface area is 127 Å². The quantitative estimate of drug-likeness (QED) is 0.827. The lowest BCUT2D eigenvalue weighted by Crippen LogP contribution is -2.54. The number of carbonyl (C=O) groups is 2. The van der Waals surface area contributed by atoms with Crippen molar-refractivity contribution in [3.05, 3.63) is 24.3 Å². The van der Waals surface area contributed by atoms with Crippen LogP contribution in [-0.4, -0.2) is 29.3 Å². The number of carbonyl (C=O) groups excluding carboxylic acids is 2. The molecule has 0 saturated heterocycles. The topological polar surface area (TPSA) is 81.4 Å². The monoisotopic (exact) mass is 302 g/mol. The molecule has 0 radical (unpaired) electrons. The predicted molar refractivity (Wildman–Crippen MR) is 79.5 cm³/mol. The molecule has 2 aromatic rings. The number of nitrogens with zero attached hydrogens (tertiary/aromatic N) is 1. The molecule has 1 N–H and O–H groups in total. The van der Waals surface area contributed by atoms with Crippen molar-refractivity contribution in [3.8, 4) is 6.08 Å². The Balaban J connectivity index is 1.68. The molecule has 1 amide bonds. The summed E-state index contributed by atoms with van der Waals surface area (Å²) in [6, 6.07) is 7.29. The molecule has 116 valence electrons. The molecule has 1 fully saturated rings. The standard InChI is InChI=1S/C16H18N2O4/c19-11-17-16(8-4-1-5-9-16)14(20)10-21-15-18-12-6-2-3-7-13(12)22-15/h2-3,6-7,11H,1,4-5,8-10H2,(H,17,19). The van der Waals surface area contributed by atoms with Gasteiger partial charge in [0.1, 0.15) is 11.1 Å². The summed E-state index contributed by atoms with van der Waals surface area (Å²) < 4.78 is 10.8. The minimum atomic E-state index is -0.800. The number of rotatable bonds is 6. The van der Waals surface area contributed by atoms with Crippen LogP contribution in [0.3, 0.4) is 0 Å². The normalized spacial score (nSPS) is 17.1. The molecule has 1 aromatic heterocycles.